The molecule has 0 saturated heterocycles. The molecule has 2 rings (SSSR count). The second kappa shape index (κ2) is 10.2. The van der Waals surface area contributed by atoms with Crippen molar-refractivity contribution in [1.29, 1.82) is 0 Å². The highest BCUT2D eigenvalue weighted by molar-refractivity contribution is 4.94. The van der Waals surface area contributed by atoms with Gasteiger partial charge in [-0.2, -0.15) is 5.10 Å². The summed E-state index contributed by atoms with van der Waals surface area (Å²) < 4.78 is 3.87. The fourth-order valence-corrected chi connectivity index (χ4v) is 4.11. The van der Waals surface area contributed by atoms with Crippen molar-refractivity contribution in [2.45, 2.75) is 123 Å². The van der Waals surface area contributed by atoms with Gasteiger partial charge in [0.05, 0.1) is 5.54 Å². The Kier molecular flexibility index (Phi) is 8.25. The van der Waals surface area contributed by atoms with Crippen molar-refractivity contribution in [3.8, 4) is 0 Å². The molecular weight excluding hydrogens is 310 g/mol. The molecule has 1 aromatic rings. The zero-order chi connectivity index (χ0) is 18.1. The van der Waals surface area contributed by atoms with Gasteiger partial charge in [0, 0.05) is 13.0 Å². The highest BCUT2D eigenvalue weighted by atomic mass is 16.2. The molecule has 1 atom stereocenters. The lowest BCUT2D eigenvalue weighted by atomic mass is 9.89. The van der Waals surface area contributed by atoms with E-state index in [0.717, 1.165) is 38.1 Å². The summed E-state index contributed by atoms with van der Waals surface area (Å²) in [4.78, 5) is 13.2. The summed E-state index contributed by atoms with van der Waals surface area (Å²) in [5.41, 5.74) is 0.0244. The van der Waals surface area contributed by atoms with Crippen LogP contribution in [0.2, 0.25) is 0 Å². The van der Waals surface area contributed by atoms with Gasteiger partial charge in [-0.1, -0.05) is 71.6 Å². The lowest BCUT2D eigenvalue weighted by Gasteiger charge is -2.29. The van der Waals surface area contributed by atoms with Gasteiger partial charge in [-0.15, -0.1) is 0 Å². The molecular formula is C21H39N3O. The van der Waals surface area contributed by atoms with Gasteiger partial charge >= 0.3 is 5.69 Å². The minimum atomic E-state index is -0.120. The molecule has 0 fully saturated rings. The van der Waals surface area contributed by atoms with E-state index >= 15 is 0 Å². The fraction of sp³-hybridized carbons (Fsp3) is 0.905. The number of nitrogens with zero attached hydrogens (tertiary/aromatic N) is 3. The second-order valence-electron chi connectivity index (χ2n) is 8.19. The molecule has 0 aliphatic carbocycles. The first-order valence-corrected chi connectivity index (χ1v) is 10.8. The van der Waals surface area contributed by atoms with E-state index in [0.29, 0.717) is 0 Å². The van der Waals surface area contributed by atoms with Crippen LogP contribution in [-0.2, 0) is 18.5 Å². The minimum absolute atomic E-state index is 0.120. The molecule has 0 aromatic carbocycles. The van der Waals surface area contributed by atoms with E-state index < -0.39 is 0 Å². The Balaban J connectivity index is 2.24. The molecule has 144 valence electrons. The number of aromatic nitrogens is 3. The van der Waals surface area contributed by atoms with Crippen molar-refractivity contribution in [1.82, 2.24) is 14.3 Å². The van der Waals surface area contributed by atoms with Gasteiger partial charge in [0.1, 0.15) is 5.82 Å². The third-order valence-electron chi connectivity index (χ3n) is 5.87. The topological polar surface area (TPSA) is 39.8 Å². The van der Waals surface area contributed by atoms with Gasteiger partial charge in [0.15, 0.2) is 0 Å². The Bertz CT molecular complexity index is 560. The standard InChI is InChI=1S/C21H39N3O/c1-4-6-8-13-17-21(3,16-7-5-2)24-20(25)23-18-14-11-9-10-12-15-19(23)22-24/h4-18H2,1-3H3. The van der Waals surface area contributed by atoms with Gasteiger partial charge in [0.25, 0.3) is 0 Å². The first kappa shape index (κ1) is 20.3. The highest BCUT2D eigenvalue weighted by Crippen LogP contribution is 2.28. The van der Waals surface area contributed by atoms with Crippen LogP contribution in [0.3, 0.4) is 0 Å². The lowest BCUT2D eigenvalue weighted by molar-refractivity contribution is 0.219. The molecule has 25 heavy (non-hydrogen) atoms. The number of aryl methyl sites for hydroxylation is 1. The maximum absolute atomic E-state index is 13.2. The van der Waals surface area contributed by atoms with E-state index in [9.17, 15) is 4.79 Å². The lowest BCUT2D eigenvalue weighted by Crippen LogP contribution is -2.40. The quantitative estimate of drug-likeness (QED) is 0.558. The summed E-state index contributed by atoms with van der Waals surface area (Å²) in [6, 6.07) is 0. The van der Waals surface area contributed by atoms with Crippen LogP contribution in [0, 0.1) is 0 Å². The zero-order valence-electron chi connectivity index (χ0n) is 16.9. The molecule has 1 aliphatic heterocycles. The maximum atomic E-state index is 13.2. The SMILES string of the molecule is CCCCCCC(C)(CCCC)n1nc2n(c1=O)CCCCCCC2. The van der Waals surface area contributed by atoms with Crippen LogP contribution in [0.4, 0.5) is 0 Å². The molecule has 1 aliphatic rings. The molecule has 0 spiro atoms. The van der Waals surface area contributed by atoms with Crippen LogP contribution in [0.15, 0.2) is 4.79 Å². The summed E-state index contributed by atoms with van der Waals surface area (Å²) in [7, 11) is 0. The third kappa shape index (κ3) is 5.46. The Morgan fingerprint density at radius 1 is 0.920 bits per heavy atom. The molecule has 4 nitrogen and oxygen atoms in total. The van der Waals surface area contributed by atoms with Crippen LogP contribution in [0.25, 0.3) is 0 Å². The van der Waals surface area contributed by atoms with E-state index in [4.69, 9.17) is 5.10 Å². The predicted octanol–water partition coefficient (Wildman–Crippen LogP) is 5.43. The molecule has 1 unspecified atom stereocenters. The van der Waals surface area contributed by atoms with E-state index in [1.807, 2.05) is 9.25 Å². The van der Waals surface area contributed by atoms with Crippen molar-refractivity contribution >= 4 is 0 Å². The molecule has 0 radical (unpaired) electrons. The summed E-state index contributed by atoms with van der Waals surface area (Å²) >= 11 is 0. The van der Waals surface area contributed by atoms with Gasteiger partial charge in [-0.3, -0.25) is 4.57 Å². The largest absolute Gasteiger partial charge is 0.346 e. The van der Waals surface area contributed by atoms with Gasteiger partial charge in [-0.05, 0) is 32.6 Å². The predicted molar refractivity (Wildman–Crippen MR) is 105 cm³/mol. The van der Waals surface area contributed by atoms with Gasteiger partial charge < -0.3 is 0 Å². The molecule has 0 saturated carbocycles. The Labute approximate surface area is 154 Å². The number of rotatable bonds is 9. The van der Waals surface area contributed by atoms with Crippen LogP contribution in [0.5, 0.6) is 0 Å². The van der Waals surface area contributed by atoms with Crippen molar-refractivity contribution in [2.24, 2.45) is 0 Å². The van der Waals surface area contributed by atoms with Crippen LogP contribution < -0.4 is 5.69 Å². The van der Waals surface area contributed by atoms with E-state index in [1.54, 1.807) is 0 Å². The molecule has 4 heteroatoms. The Hall–Kier alpha value is -1.06. The van der Waals surface area contributed by atoms with Gasteiger partial charge in [-0.25, -0.2) is 9.48 Å². The smallest absolute Gasteiger partial charge is 0.279 e. The van der Waals surface area contributed by atoms with Crippen molar-refractivity contribution in [3.63, 3.8) is 0 Å². The Morgan fingerprint density at radius 2 is 1.60 bits per heavy atom. The summed E-state index contributed by atoms with van der Waals surface area (Å²) in [5, 5.41) is 4.88. The average molecular weight is 350 g/mol. The van der Waals surface area contributed by atoms with Gasteiger partial charge in [0.2, 0.25) is 0 Å². The van der Waals surface area contributed by atoms with Crippen molar-refractivity contribution < 1.29 is 0 Å². The molecule has 2 heterocycles. The van der Waals surface area contributed by atoms with Crippen LogP contribution in [0.1, 0.15) is 110 Å². The number of hydrogen-bond acceptors (Lipinski definition) is 2. The molecule has 0 bridgehead atoms. The second-order valence-corrected chi connectivity index (χ2v) is 8.19. The molecule has 0 N–H and O–H groups in total. The summed E-state index contributed by atoms with van der Waals surface area (Å²) in [5.74, 6) is 1.03. The van der Waals surface area contributed by atoms with Crippen LogP contribution >= 0.6 is 0 Å². The Morgan fingerprint density at radius 3 is 2.36 bits per heavy atom. The van der Waals surface area contributed by atoms with E-state index in [-0.39, 0.29) is 11.2 Å². The number of fused-ring (bicyclic) bond motifs is 1. The normalized spacial score (nSPS) is 18.0. The maximum Gasteiger partial charge on any atom is 0.346 e. The summed E-state index contributed by atoms with van der Waals surface area (Å²) in [6.45, 7) is 7.60. The first-order chi connectivity index (χ1) is 12.1. The zero-order valence-corrected chi connectivity index (χ0v) is 16.9. The fourth-order valence-electron chi connectivity index (χ4n) is 4.11. The minimum Gasteiger partial charge on any atom is -0.279 e. The monoisotopic (exact) mass is 349 g/mol. The average Bonchev–Trinajstić information content (AvgIpc) is 2.97. The van der Waals surface area contributed by atoms with Crippen molar-refractivity contribution in [3.05, 3.63) is 16.3 Å². The molecule has 1 aromatic heterocycles. The molecule has 0 amide bonds. The number of hydrogen-bond donors (Lipinski definition) is 0. The first-order valence-electron chi connectivity index (χ1n) is 10.8. The van der Waals surface area contributed by atoms with Crippen molar-refractivity contribution in [2.75, 3.05) is 0 Å². The third-order valence-corrected chi connectivity index (χ3v) is 5.87. The number of unbranched alkanes of at least 4 members (excludes halogenated alkanes) is 4. The highest BCUT2D eigenvalue weighted by Gasteiger charge is 2.30. The summed E-state index contributed by atoms with van der Waals surface area (Å²) in [6.07, 6.45) is 16.5. The van der Waals surface area contributed by atoms with E-state index in [2.05, 4.69) is 20.8 Å². The van der Waals surface area contributed by atoms with E-state index in [1.165, 1.54) is 64.2 Å². The van der Waals surface area contributed by atoms with Crippen LogP contribution in [-0.4, -0.2) is 14.3 Å².